The predicted molar refractivity (Wildman–Crippen MR) is 120 cm³/mol. The molecule has 0 saturated heterocycles. The van der Waals surface area contributed by atoms with Crippen LogP contribution in [0.3, 0.4) is 0 Å². The van der Waals surface area contributed by atoms with E-state index in [0.29, 0.717) is 23.6 Å². The quantitative estimate of drug-likeness (QED) is 0.623. The van der Waals surface area contributed by atoms with Gasteiger partial charge in [0.25, 0.3) is 0 Å². The number of methoxy groups -OCH3 is 1. The van der Waals surface area contributed by atoms with Gasteiger partial charge in [0.15, 0.2) is 9.84 Å². The second kappa shape index (κ2) is 7.39. The molecule has 8 heteroatoms. The lowest BCUT2D eigenvalue weighted by Gasteiger charge is -2.35. The van der Waals surface area contributed by atoms with Gasteiger partial charge < -0.3 is 10.5 Å². The van der Waals surface area contributed by atoms with Crippen LogP contribution in [0.1, 0.15) is 17.9 Å². The average molecular weight is 519 g/mol. The number of hydrogen-bond acceptors (Lipinski definition) is 6. The van der Waals surface area contributed by atoms with Crippen molar-refractivity contribution in [2.24, 2.45) is 5.73 Å². The van der Waals surface area contributed by atoms with Crippen LogP contribution >= 0.6 is 22.6 Å². The molecule has 2 aromatic carbocycles. The van der Waals surface area contributed by atoms with E-state index in [1.54, 1.807) is 24.1 Å². The zero-order chi connectivity index (χ0) is 20.8. The molecule has 1 atom stereocenters. The molecule has 6 nitrogen and oxygen atoms in total. The summed E-state index contributed by atoms with van der Waals surface area (Å²) in [5.74, 6) is 0.263. The molecule has 29 heavy (non-hydrogen) atoms. The summed E-state index contributed by atoms with van der Waals surface area (Å²) in [6, 6.07) is 16.9. The van der Waals surface area contributed by atoms with Crippen molar-refractivity contribution in [2.45, 2.75) is 12.3 Å². The van der Waals surface area contributed by atoms with Gasteiger partial charge in [-0.05, 0) is 64.6 Å². The van der Waals surface area contributed by atoms with Gasteiger partial charge in [0.2, 0.25) is 0 Å². The maximum absolute atomic E-state index is 13.0. The molecule has 0 spiro atoms. The Hall–Kier alpha value is -2.51. The highest BCUT2D eigenvalue weighted by Gasteiger charge is 2.45. The Balaban J connectivity index is 1.96. The molecule has 0 aromatic heterocycles. The molecule has 2 aliphatic heterocycles. The van der Waals surface area contributed by atoms with E-state index in [1.807, 2.05) is 36.4 Å². The molecular formula is C21H18IN3O3S. The fourth-order valence-corrected chi connectivity index (χ4v) is 6.32. The van der Waals surface area contributed by atoms with Crippen molar-refractivity contribution < 1.29 is 13.2 Å². The number of halogens is 1. The third-order valence-electron chi connectivity index (χ3n) is 5.20. The molecule has 148 valence electrons. The van der Waals surface area contributed by atoms with Crippen molar-refractivity contribution in [1.29, 1.82) is 5.26 Å². The van der Waals surface area contributed by atoms with Gasteiger partial charge in [0, 0.05) is 21.4 Å². The summed E-state index contributed by atoms with van der Waals surface area (Å²) in [6.07, 6.45) is 0.351. The highest BCUT2D eigenvalue weighted by molar-refractivity contribution is 14.1. The van der Waals surface area contributed by atoms with Crippen LogP contribution in [0.5, 0.6) is 5.75 Å². The van der Waals surface area contributed by atoms with Crippen molar-refractivity contribution in [2.75, 3.05) is 17.8 Å². The molecule has 4 rings (SSSR count). The molecule has 0 saturated carbocycles. The lowest BCUT2D eigenvalue weighted by atomic mass is 9.87. The molecule has 2 aromatic rings. The second-order valence-electron chi connectivity index (χ2n) is 6.81. The van der Waals surface area contributed by atoms with E-state index >= 15 is 0 Å². The number of rotatable bonds is 3. The average Bonchev–Trinajstić information content (AvgIpc) is 3.02. The maximum atomic E-state index is 13.0. The SMILES string of the molecule is COc1ccc(N2C(N)=C(C#N)[C@@H](c3cccc(I)c3)C3=C2CCS3(=O)=O)cc1. The summed E-state index contributed by atoms with van der Waals surface area (Å²) >= 11 is 2.18. The number of ether oxygens (including phenoxy) is 1. The highest BCUT2D eigenvalue weighted by atomic mass is 127. The van der Waals surface area contributed by atoms with Gasteiger partial charge in [-0.2, -0.15) is 5.26 Å². The lowest BCUT2D eigenvalue weighted by Crippen LogP contribution is -2.34. The summed E-state index contributed by atoms with van der Waals surface area (Å²) < 4.78 is 32.2. The first-order valence-electron chi connectivity index (χ1n) is 8.92. The lowest BCUT2D eigenvalue weighted by molar-refractivity contribution is 0.415. The summed E-state index contributed by atoms with van der Waals surface area (Å²) in [7, 11) is -1.93. The number of nitrogens with zero attached hydrogens (tertiary/aromatic N) is 2. The van der Waals surface area contributed by atoms with Crippen molar-refractivity contribution in [3.05, 3.63) is 79.7 Å². The molecule has 0 amide bonds. The van der Waals surface area contributed by atoms with Gasteiger partial charge in [-0.3, -0.25) is 4.90 Å². The molecule has 2 aliphatic rings. The minimum Gasteiger partial charge on any atom is -0.497 e. The van der Waals surface area contributed by atoms with Crippen LogP contribution in [-0.2, 0) is 9.84 Å². The van der Waals surface area contributed by atoms with E-state index in [0.717, 1.165) is 9.13 Å². The number of nitrogens with two attached hydrogens (primary N) is 1. The van der Waals surface area contributed by atoms with E-state index < -0.39 is 15.8 Å². The number of allylic oxidation sites excluding steroid dienone is 3. The topological polar surface area (TPSA) is 96.4 Å². The van der Waals surface area contributed by atoms with E-state index in [4.69, 9.17) is 10.5 Å². The van der Waals surface area contributed by atoms with Gasteiger partial charge >= 0.3 is 0 Å². The fourth-order valence-electron chi connectivity index (χ4n) is 3.91. The van der Waals surface area contributed by atoms with Crippen LogP contribution in [0, 0.1) is 14.9 Å². The van der Waals surface area contributed by atoms with Crippen LogP contribution in [0.2, 0.25) is 0 Å². The minimum atomic E-state index is -3.51. The van der Waals surface area contributed by atoms with Crippen molar-refractivity contribution in [3.63, 3.8) is 0 Å². The molecule has 0 fully saturated rings. The summed E-state index contributed by atoms with van der Waals surface area (Å²) in [5, 5.41) is 9.95. The van der Waals surface area contributed by atoms with E-state index in [1.165, 1.54) is 0 Å². The minimum absolute atomic E-state index is 0.0107. The van der Waals surface area contributed by atoms with Crippen LogP contribution in [0.15, 0.2) is 70.5 Å². The van der Waals surface area contributed by atoms with Crippen LogP contribution in [0.25, 0.3) is 0 Å². The third kappa shape index (κ3) is 3.28. The first kappa shape index (κ1) is 19.8. The van der Waals surface area contributed by atoms with E-state index in [2.05, 4.69) is 28.7 Å². The van der Waals surface area contributed by atoms with Crippen molar-refractivity contribution in [3.8, 4) is 11.8 Å². The van der Waals surface area contributed by atoms with Crippen molar-refractivity contribution in [1.82, 2.24) is 0 Å². The maximum Gasteiger partial charge on any atom is 0.177 e. The third-order valence-corrected chi connectivity index (χ3v) is 7.75. The van der Waals surface area contributed by atoms with E-state index in [-0.39, 0.29) is 22.1 Å². The Labute approximate surface area is 183 Å². The molecule has 2 N–H and O–H groups in total. The number of benzene rings is 2. The summed E-state index contributed by atoms with van der Waals surface area (Å²) in [4.78, 5) is 1.98. The van der Waals surface area contributed by atoms with Crippen LogP contribution in [-0.4, -0.2) is 21.3 Å². The Morgan fingerprint density at radius 3 is 2.59 bits per heavy atom. The number of anilines is 1. The first-order chi connectivity index (χ1) is 13.9. The Morgan fingerprint density at radius 2 is 1.97 bits per heavy atom. The first-order valence-corrected chi connectivity index (χ1v) is 11.7. The van der Waals surface area contributed by atoms with Gasteiger partial charge in [0.1, 0.15) is 11.6 Å². The standard InChI is InChI=1S/C21H18IN3O3S/c1-28-16-7-5-15(6-8-16)25-18-9-10-29(26,27)20(18)19(17(12-23)21(25)24)13-3-2-4-14(22)11-13/h2-8,11,19H,9-10,24H2,1H3/t19-/m1/s1. The summed E-state index contributed by atoms with van der Waals surface area (Å²) in [5.41, 5.74) is 8.79. The van der Waals surface area contributed by atoms with Crippen LogP contribution in [0.4, 0.5) is 5.69 Å². The largest absolute Gasteiger partial charge is 0.497 e. The van der Waals surface area contributed by atoms with Crippen molar-refractivity contribution >= 4 is 38.1 Å². The molecule has 0 unspecified atom stereocenters. The number of hydrogen-bond donors (Lipinski definition) is 1. The van der Waals surface area contributed by atoms with Gasteiger partial charge in [0.05, 0.1) is 35.3 Å². The molecular weight excluding hydrogens is 501 g/mol. The second-order valence-corrected chi connectivity index (χ2v) is 10.1. The smallest absolute Gasteiger partial charge is 0.177 e. The number of sulfone groups is 1. The normalized spacial score (nSPS) is 20.4. The fraction of sp³-hybridized carbons (Fsp3) is 0.190. The zero-order valence-electron chi connectivity index (χ0n) is 15.6. The summed E-state index contributed by atoms with van der Waals surface area (Å²) in [6.45, 7) is 0. The Morgan fingerprint density at radius 1 is 1.24 bits per heavy atom. The molecule has 2 heterocycles. The van der Waals surface area contributed by atoms with Gasteiger partial charge in [-0.1, -0.05) is 12.1 Å². The zero-order valence-corrected chi connectivity index (χ0v) is 18.6. The molecule has 0 bridgehead atoms. The van der Waals surface area contributed by atoms with Crippen LogP contribution < -0.4 is 15.4 Å². The number of nitriles is 1. The van der Waals surface area contributed by atoms with E-state index in [9.17, 15) is 13.7 Å². The Bertz CT molecular complexity index is 1190. The Kier molecular flexibility index (Phi) is 5.04. The molecule has 0 aliphatic carbocycles. The molecule has 0 radical (unpaired) electrons. The highest BCUT2D eigenvalue weighted by Crippen LogP contribution is 2.48. The van der Waals surface area contributed by atoms with Gasteiger partial charge in [-0.15, -0.1) is 0 Å². The monoisotopic (exact) mass is 519 g/mol. The predicted octanol–water partition coefficient (Wildman–Crippen LogP) is 3.63. The van der Waals surface area contributed by atoms with Gasteiger partial charge in [-0.25, -0.2) is 8.42 Å².